The third-order valence-electron chi connectivity index (χ3n) is 3.16. The fourth-order valence-electron chi connectivity index (χ4n) is 1.89. The van der Waals surface area contributed by atoms with Crippen molar-refractivity contribution in [2.45, 2.75) is 31.8 Å². The molecular formula is C15H17FN2OS. The maximum Gasteiger partial charge on any atom is 0.165 e. The van der Waals surface area contributed by atoms with Gasteiger partial charge in [0, 0.05) is 24.4 Å². The molecule has 1 aliphatic carbocycles. The quantitative estimate of drug-likeness (QED) is 0.851. The van der Waals surface area contributed by atoms with Crippen LogP contribution in [0.5, 0.6) is 5.75 Å². The van der Waals surface area contributed by atoms with Crippen molar-refractivity contribution >= 4 is 11.3 Å². The van der Waals surface area contributed by atoms with E-state index in [0.717, 1.165) is 17.2 Å². The molecule has 0 saturated heterocycles. The Kier molecular flexibility index (Phi) is 4.28. The first-order valence-electron chi connectivity index (χ1n) is 6.85. The summed E-state index contributed by atoms with van der Waals surface area (Å²) in [5.41, 5.74) is 1.09. The number of rotatable bonds is 7. The molecule has 0 radical (unpaired) electrons. The summed E-state index contributed by atoms with van der Waals surface area (Å²) in [4.78, 5) is 4.55. The summed E-state index contributed by atoms with van der Waals surface area (Å²) in [7, 11) is 0. The Morgan fingerprint density at radius 2 is 2.20 bits per heavy atom. The number of nitrogens with one attached hydrogen (secondary N) is 1. The van der Waals surface area contributed by atoms with Crippen molar-refractivity contribution in [2.75, 3.05) is 6.61 Å². The van der Waals surface area contributed by atoms with Crippen molar-refractivity contribution in [3.05, 3.63) is 46.2 Å². The van der Waals surface area contributed by atoms with Gasteiger partial charge in [0.25, 0.3) is 0 Å². The Morgan fingerprint density at radius 3 is 3.00 bits per heavy atom. The number of thiazole rings is 1. The van der Waals surface area contributed by atoms with Crippen LogP contribution in [0.15, 0.2) is 29.6 Å². The largest absolute Gasteiger partial charge is 0.490 e. The zero-order chi connectivity index (χ0) is 13.8. The van der Waals surface area contributed by atoms with Crippen LogP contribution in [0, 0.1) is 5.82 Å². The van der Waals surface area contributed by atoms with Crippen LogP contribution >= 0.6 is 11.3 Å². The predicted molar refractivity (Wildman–Crippen MR) is 77.6 cm³/mol. The minimum atomic E-state index is -0.319. The van der Waals surface area contributed by atoms with E-state index in [4.69, 9.17) is 4.74 Å². The molecule has 106 valence electrons. The maximum atomic E-state index is 13.4. The van der Waals surface area contributed by atoms with E-state index >= 15 is 0 Å². The number of hydrogen-bond donors (Lipinski definition) is 1. The van der Waals surface area contributed by atoms with Crippen LogP contribution < -0.4 is 10.1 Å². The van der Waals surface area contributed by atoms with Gasteiger partial charge in [0.2, 0.25) is 0 Å². The van der Waals surface area contributed by atoms with Gasteiger partial charge in [-0.3, -0.25) is 0 Å². The summed E-state index contributed by atoms with van der Waals surface area (Å²) in [6.07, 6.45) is 3.28. The number of benzene rings is 1. The Bertz CT molecular complexity index is 569. The SMILES string of the molecule is Fc1ccccc1OCCc1nc(CNC2CC2)cs1. The lowest BCUT2D eigenvalue weighted by Crippen LogP contribution is -2.15. The van der Waals surface area contributed by atoms with Gasteiger partial charge in [0.05, 0.1) is 17.3 Å². The van der Waals surface area contributed by atoms with Crippen LogP contribution in [0.2, 0.25) is 0 Å². The van der Waals surface area contributed by atoms with E-state index in [1.165, 1.54) is 18.9 Å². The molecule has 0 atom stereocenters. The van der Waals surface area contributed by atoms with E-state index in [0.29, 0.717) is 24.8 Å². The van der Waals surface area contributed by atoms with Crippen molar-refractivity contribution in [3.63, 3.8) is 0 Å². The Balaban J connectivity index is 1.45. The molecule has 1 saturated carbocycles. The van der Waals surface area contributed by atoms with Crippen LogP contribution in [0.25, 0.3) is 0 Å². The lowest BCUT2D eigenvalue weighted by atomic mass is 10.3. The fraction of sp³-hybridized carbons (Fsp3) is 0.400. The molecule has 3 rings (SSSR count). The number of halogens is 1. The number of para-hydroxylation sites is 1. The Hall–Kier alpha value is -1.46. The molecule has 0 unspecified atom stereocenters. The van der Waals surface area contributed by atoms with Gasteiger partial charge in [-0.25, -0.2) is 9.37 Å². The van der Waals surface area contributed by atoms with Gasteiger partial charge >= 0.3 is 0 Å². The molecule has 1 fully saturated rings. The molecule has 20 heavy (non-hydrogen) atoms. The normalized spacial score (nSPS) is 14.4. The summed E-state index contributed by atoms with van der Waals surface area (Å²) in [6.45, 7) is 1.29. The van der Waals surface area contributed by atoms with Gasteiger partial charge in [-0.05, 0) is 25.0 Å². The molecular weight excluding hydrogens is 275 g/mol. The molecule has 3 nitrogen and oxygen atoms in total. The van der Waals surface area contributed by atoms with Crippen LogP contribution in [0.4, 0.5) is 4.39 Å². The minimum Gasteiger partial charge on any atom is -0.490 e. The van der Waals surface area contributed by atoms with Crippen LogP contribution in [0.3, 0.4) is 0 Å². The second kappa shape index (κ2) is 6.33. The van der Waals surface area contributed by atoms with Crippen molar-refractivity contribution in [2.24, 2.45) is 0 Å². The highest BCUT2D eigenvalue weighted by Gasteiger charge is 2.20. The topological polar surface area (TPSA) is 34.1 Å². The van der Waals surface area contributed by atoms with E-state index in [9.17, 15) is 4.39 Å². The highest BCUT2D eigenvalue weighted by molar-refractivity contribution is 7.09. The minimum absolute atomic E-state index is 0.305. The third kappa shape index (κ3) is 3.77. The molecule has 2 aromatic rings. The summed E-state index contributed by atoms with van der Waals surface area (Å²) in [5.74, 6) is -0.0133. The van der Waals surface area contributed by atoms with E-state index < -0.39 is 0 Å². The maximum absolute atomic E-state index is 13.4. The van der Waals surface area contributed by atoms with Gasteiger partial charge in [0.1, 0.15) is 0 Å². The van der Waals surface area contributed by atoms with E-state index in [1.807, 2.05) is 0 Å². The lowest BCUT2D eigenvalue weighted by molar-refractivity contribution is 0.305. The lowest BCUT2D eigenvalue weighted by Gasteiger charge is -2.05. The molecule has 1 heterocycles. The van der Waals surface area contributed by atoms with Crippen molar-refractivity contribution < 1.29 is 9.13 Å². The average molecular weight is 292 g/mol. The molecule has 0 amide bonds. The van der Waals surface area contributed by atoms with Gasteiger partial charge in [-0.1, -0.05) is 12.1 Å². The Labute approximate surface area is 121 Å². The van der Waals surface area contributed by atoms with E-state index in [2.05, 4.69) is 15.7 Å². The smallest absolute Gasteiger partial charge is 0.165 e. The molecule has 1 aromatic carbocycles. The van der Waals surface area contributed by atoms with Crippen molar-refractivity contribution in [1.82, 2.24) is 10.3 Å². The first kappa shape index (κ1) is 13.5. The van der Waals surface area contributed by atoms with Gasteiger partial charge in [0.15, 0.2) is 11.6 Å². The highest BCUT2D eigenvalue weighted by Crippen LogP contribution is 2.20. The monoisotopic (exact) mass is 292 g/mol. The zero-order valence-corrected chi connectivity index (χ0v) is 12.0. The average Bonchev–Trinajstić information content (AvgIpc) is 3.18. The predicted octanol–water partition coefficient (Wildman–Crippen LogP) is 3.16. The molecule has 1 aliphatic rings. The molecule has 0 bridgehead atoms. The van der Waals surface area contributed by atoms with Crippen LogP contribution in [-0.4, -0.2) is 17.6 Å². The van der Waals surface area contributed by atoms with Crippen LogP contribution in [0.1, 0.15) is 23.5 Å². The van der Waals surface area contributed by atoms with Gasteiger partial charge in [-0.2, -0.15) is 0 Å². The summed E-state index contributed by atoms with van der Waals surface area (Å²) >= 11 is 1.64. The first-order valence-corrected chi connectivity index (χ1v) is 7.73. The zero-order valence-electron chi connectivity index (χ0n) is 11.1. The highest BCUT2D eigenvalue weighted by atomic mass is 32.1. The third-order valence-corrected chi connectivity index (χ3v) is 4.12. The summed E-state index contributed by atoms with van der Waals surface area (Å²) in [5, 5.41) is 6.55. The van der Waals surface area contributed by atoms with Crippen molar-refractivity contribution in [1.29, 1.82) is 0 Å². The standard InChI is InChI=1S/C15H17FN2OS/c16-13-3-1-2-4-14(13)19-8-7-15-18-12(10-20-15)9-17-11-5-6-11/h1-4,10-11,17H,5-9H2. The second-order valence-electron chi connectivity index (χ2n) is 4.92. The molecule has 5 heteroatoms. The van der Waals surface area contributed by atoms with Gasteiger partial charge < -0.3 is 10.1 Å². The second-order valence-corrected chi connectivity index (χ2v) is 5.86. The number of nitrogens with zero attached hydrogens (tertiary/aromatic N) is 1. The van der Waals surface area contributed by atoms with E-state index in [1.54, 1.807) is 29.5 Å². The molecule has 1 aromatic heterocycles. The molecule has 0 aliphatic heterocycles. The van der Waals surface area contributed by atoms with Gasteiger partial charge in [-0.15, -0.1) is 11.3 Å². The molecule has 1 N–H and O–H groups in total. The number of hydrogen-bond acceptors (Lipinski definition) is 4. The summed E-state index contributed by atoms with van der Waals surface area (Å²) in [6, 6.07) is 7.17. The number of aromatic nitrogens is 1. The number of ether oxygens (including phenoxy) is 1. The van der Waals surface area contributed by atoms with Crippen LogP contribution in [-0.2, 0) is 13.0 Å². The first-order chi connectivity index (χ1) is 9.81. The van der Waals surface area contributed by atoms with E-state index in [-0.39, 0.29) is 5.82 Å². The Morgan fingerprint density at radius 1 is 1.35 bits per heavy atom. The fourth-order valence-corrected chi connectivity index (χ4v) is 2.67. The van der Waals surface area contributed by atoms with Crippen molar-refractivity contribution in [3.8, 4) is 5.75 Å². The molecule has 0 spiro atoms. The summed E-state index contributed by atoms with van der Waals surface area (Å²) < 4.78 is 18.8.